The molecule has 2 aromatic carbocycles. The molecule has 1 amide bonds. The van der Waals surface area contributed by atoms with E-state index in [9.17, 15) is 13.2 Å². The Balaban J connectivity index is 1.45. The number of nitrogens with zero attached hydrogens (tertiary/aromatic N) is 4. The molecule has 0 radical (unpaired) electrons. The molecular weight excluding hydrogens is 478 g/mol. The third-order valence-electron chi connectivity index (χ3n) is 4.81. The summed E-state index contributed by atoms with van der Waals surface area (Å²) in [6, 6.07) is 13.8. The Morgan fingerprint density at radius 3 is 2.56 bits per heavy atom. The second-order valence-electron chi connectivity index (χ2n) is 7.28. The van der Waals surface area contributed by atoms with Gasteiger partial charge in [0.1, 0.15) is 5.75 Å². The van der Waals surface area contributed by atoms with Gasteiger partial charge in [0.15, 0.2) is 11.7 Å². The van der Waals surface area contributed by atoms with Crippen molar-refractivity contribution in [3.63, 3.8) is 0 Å². The van der Waals surface area contributed by atoms with Crippen LogP contribution in [0.2, 0.25) is 0 Å². The lowest BCUT2D eigenvalue weighted by Gasteiger charge is -2.16. The van der Waals surface area contributed by atoms with Gasteiger partial charge >= 0.3 is 0 Å². The Morgan fingerprint density at radius 2 is 1.88 bits per heavy atom. The minimum absolute atomic E-state index is 0.0630. The van der Waals surface area contributed by atoms with E-state index in [2.05, 4.69) is 20.4 Å². The number of ether oxygens (including phenoxy) is 1. The summed E-state index contributed by atoms with van der Waals surface area (Å²) in [5, 5.41) is 8.80. The smallest absolute Gasteiger partial charge is 0.261 e. The topological polar surface area (TPSA) is 128 Å². The maximum atomic E-state index is 12.9. The normalized spacial score (nSPS) is 11.3. The van der Waals surface area contributed by atoms with E-state index in [1.807, 2.05) is 5.38 Å². The SMILES string of the molecule is Cc1nc(COc2ccccc2C(=O)Nc2nc(-c3ccc(N(C)S(C)(=O)=O)cc3)cs2)no1. The van der Waals surface area contributed by atoms with Gasteiger partial charge in [-0.05, 0) is 24.3 Å². The molecule has 34 heavy (non-hydrogen) atoms. The third-order valence-corrected chi connectivity index (χ3v) is 6.77. The second-order valence-corrected chi connectivity index (χ2v) is 10.2. The van der Waals surface area contributed by atoms with Crippen LogP contribution in [0.1, 0.15) is 22.1 Å². The number of carbonyl (C=O) groups is 1. The van der Waals surface area contributed by atoms with Crippen molar-refractivity contribution in [1.82, 2.24) is 15.1 Å². The molecule has 0 aliphatic rings. The van der Waals surface area contributed by atoms with Crippen LogP contribution in [-0.4, -0.2) is 42.8 Å². The highest BCUT2D eigenvalue weighted by molar-refractivity contribution is 7.92. The number of aromatic nitrogens is 3. The van der Waals surface area contributed by atoms with Crippen molar-refractivity contribution in [1.29, 1.82) is 0 Å². The molecule has 0 unspecified atom stereocenters. The molecule has 0 bridgehead atoms. The van der Waals surface area contributed by atoms with E-state index < -0.39 is 10.0 Å². The summed E-state index contributed by atoms with van der Waals surface area (Å²) >= 11 is 1.28. The Kier molecular flexibility index (Phi) is 6.61. The standard InChI is InChI=1S/C22H21N5O5S2/c1-14-23-20(26-32-14)12-31-19-7-5-4-6-17(19)21(28)25-22-24-18(13-33-22)15-8-10-16(11-9-15)27(2)34(3,29)30/h4-11,13H,12H2,1-3H3,(H,24,25,28). The lowest BCUT2D eigenvalue weighted by Crippen LogP contribution is -2.24. The summed E-state index contributed by atoms with van der Waals surface area (Å²) in [5.74, 6) is 0.822. The summed E-state index contributed by atoms with van der Waals surface area (Å²) in [5.41, 5.74) is 2.34. The highest BCUT2D eigenvalue weighted by Gasteiger charge is 2.16. The van der Waals surface area contributed by atoms with Crippen molar-refractivity contribution in [2.24, 2.45) is 0 Å². The average Bonchev–Trinajstić information content (AvgIpc) is 3.45. The Labute approximate surface area is 200 Å². The first-order chi connectivity index (χ1) is 16.2. The van der Waals surface area contributed by atoms with Gasteiger partial charge in [-0.1, -0.05) is 29.4 Å². The van der Waals surface area contributed by atoms with Crippen molar-refractivity contribution in [2.75, 3.05) is 22.9 Å². The number of aryl methyl sites for hydroxylation is 1. The summed E-state index contributed by atoms with van der Waals surface area (Å²) < 4.78 is 35.2. The number of amides is 1. The third kappa shape index (κ3) is 5.41. The molecule has 4 rings (SSSR count). The molecule has 176 valence electrons. The minimum atomic E-state index is -3.34. The fraction of sp³-hybridized carbons (Fsp3) is 0.182. The molecule has 1 N–H and O–H groups in total. The molecular formula is C22H21N5O5S2. The van der Waals surface area contributed by atoms with Gasteiger partial charge in [-0.15, -0.1) is 11.3 Å². The first kappa shape index (κ1) is 23.4. The molecule has 4 aromatic rings. The zero-order chi connectivity index (χ0) is 24.3. The van der Waals surface area contributed by atoms with Crippen LogP contribution in [0.5, 0.6) is 5.75 Å². The van der Waals surface area contributed by atoms with Gasteiger partial charge in [-0.2, -0.15) is 4.98 Å². The number of sulfonamides is 1. The van der Waals surface area contributed by atoms with Gasteiger partial charge in [0.05, 0.1) is 23.2 Å². The van der Waals surface area contributed by atoms with E-state index in [-0.39, 0.29) is 12.5 Å². The summed E-state index contributed by atoms with van der Waals surface area (Å²) in [7, 11) is -1.85. The van der Waals surface area contributed by atoms with Gasteiger partial charge < -0.3 is 9.26 Å². The van der Waals surface area contributed by atoms with E-state index in [0.717, 1.165) is 11.8 Å². The number of nitrogens with one attached hydrogen (secondary N) is 1. The van der Waals surface area contributed by atoms with Crippen LogP contribution < -0.4 is 14.4 Å². The van der Waals surface area contributed by atoms with Crippen LogP contribution in [0.4, 0.5) is 10.8 Å². The molecule has 0 aliphatic heterocycles. The van der Waals surface area contributed by atoms with E-state index in [4.69, 9.17) is 9.26 Å². The number of hydrogen-bond donors (Lipinski definition) is 1. The highest BCUT2D eigenvalue weighted by atomic mass is 32.2. The van der Waals surface area contributed by atoms with Crippen molar-refractivity contribution in [3.05, 3.63) is 71.2 Å². The molecule has 0 atom stereocenters. The molecule has 12 heteroatoms. The van der Waals surface area contributed by atoms with Gasteiger partial charge in [0, 0.05) is 24.9 Å². The fourth-order valence-electron chi connectivity index (χ4n) is 2.98. The van der Waals surface area contributed by atoms with Crippen LogP contribution in [0.25, 0.3) is 11.3 Å². The molecule has 0 saturated heterocycles. The number of benzene rings is 2. The average molecular weight is 500 g/mol. The van der Waals surface area contributed by atoms with E-state index in [1.54, 1.807) is 55.5 Å². The minimum Gasteiger partial charge on any atom is -0.485 e. The number of rotatable bonds is 8. The molecule has 0 saturated carbocycles. The summed E-state index contributed by atoms with van der Waals surface area (Å²) in [6.07, 6.45) is 1.14. The highest BCUT2D eigenvalue weighted by Crippen LogP contribution is 2.28. The lowest BCUT2D eigenvalue weighted by molar-refractivity contribution is 0.102. The van der Waals surface area contributed by atoms with Crippen molar-refractivity contribution >= 4 is 38.1 Å². The quantitative estimate of drug-likeness (QED) is 0.388. The molecule has 0 aliphatic carbocycles. The van der Waals surface area contributed by atoms with Crippen molar-refractivity contribution < 1.29 is 22.5 Å². The molecule has 2 heterocycles. The second kappa shape index (κ2) is 9.61. The van der Waals surface area contributed by atoms with Gasteiger partial charge in [0.25, 0.3) is 5.91 Å². The lowest BCUT2D eigenvalue weighted by atomic mass is 10.1. The van der Waals surface area contributed by atoms with Crippen LogP contribution >= 0.6 is 11.3 Å². The predicted octanol–water partition coefficient (Wildman–Crippen LogP) is 3.73. The van der Waals surface area contributed by atoms with Gasteiger partial charge in [0.2, 0.25) is 21.7 Å². The maximum absolute atomic E-state index is 12.9. The van der Waals surface area contributed by atoms with Crippen molar-refractivity contribution in [2.45, 2.75) is 13.5 Å². The molecule has 0 spiro atoms. The summed E-state index contributed by atoms with van der Waals surface area (Å²) in [4.78, 5) is 21.4. The van der Waals surface area contributed by atoms with Crippen LogP contribution in [0, 0.1) is 6.92 Å². The number of thiazole rings is 1. The van der Waals surface area contributed by atoms with E-state index in [1.165, 1.54) is 22.7 Å². The summed E-state index contributed by atoms with van der Waals surface area (Å²) in [6.45, 7) is 1.75. The Bertz CT molecular complexity index is 1410. The predicted molar refractivity (Wildman–Crippen MR) is 129 cm³/mol. The number of carbonyl (C=O) groups excluding carboxylic acids is 1. The number of hydrogen-bond acceptors (Lipinski definition) is 9. The Morgan fingerprint density at radius 1 is 1.15 bits per heavy atom. The van der Waals surface area contributed by atoms with Crippen molar-refractivity contribution in [3.8, 4) is 17.0 Å². The maximum Gasteiger partial charge on any atom is 0.261 e. The van der Waals surface area contributed by atoms with Crippen LogP contribution in [-0.2, 0) is 16.6 Å². The van der Waals surface area contributed by atoms with E-state index in [0.29, 0.717) is 39.5 Å². The zero-order valence-corrected chi connectivity index (χ0v) is 20.2. The molecule has 10 nitrogen and oxygen atoms in total. The van der Waals surface area contributed by atoms with E-state index >= 15 is 0 Å². The zero-order valence-electron chi connectivity index (χ0n) is 18.5. The van der Waals surface area contributed by atoms with Gasteiger partial charge in [-0.3, -0.25) is 14.4 Å². The molecule has 0 fully saturated rings. The van der Waals surface area contributed by atoms with Gasteiger partial charge in [-0.25, -0.2) is 13.4 Å². The largest absolute Gasteiger partial charge is 0.485 e. The monoisotopic (exact) mass is 499 g/mol. The van der Waals surface area contributed by atoms with Crippen LogP contribution in [0.3, 0.4) is 0 Å². The number of para-hydroxylation sites is 1. The first-order valence-electron chi connectivity index (χ1n) is 10.0. The van der Waals surface area contributed by atoms with Crippen LogP contribution in [0.15, 0.2) is 58.4 Å². The Hall–Kier alpha value is -3.77. The fourth-order valence-corrected chi connectivity index (χ4v) is 4.20. The molecule has 2 aromatic heterocycles. The number of anilines is 2. The first-order valence-corrected chi connectivity index (χ1v) is 12.8.